The van der Waals surface area contributed by atoms with E-state index in [-0.39, 0.29) is 24.2 Å². The Morgan fingerprint density at radius 2 is 1.49 bits per heavy atom. The molecular formula is C31H41N3O9. The summed E-state index contributed by atoms with van der Waals surface area (Å²) >= 11 is 0. The molecule has 0 aliphatic carbocycles. The van der Waals surface area contributed by atoms with Crippen LogP contribution in [0, 0.1) is 0 Å². The Kier molecular flexibility index (Phi) is 13.5. The van der Waals surface area contributed by atoms with E-state index in [2.05, 4.69) is 16.0 Å². The first-order valence-corrected chi connectivity index (χ1v) is 14.1. The highest BCUT2D eigenvalue weighted by molar-refractivity contribution is 5.93. The van der Waals surface area contributed by atoms with Gasteiger partial charge in [-0.15, -0.1) is 0 Å². The maximum Gasteiger partial charge on any atom is 0.408 e. The second kappa shape index (κ2) is 16.7. The summed E-state index contributed by atoms with van der Waals surface area (Å²) in [5, 5.41) is 26.7. The van der Waals surface area contributed by atoms with Crippen molar-refractivity contribution in [2.75, 3.05) is 13.2 Å². The molecule has 43 heavy (non-hydrogen) atoms. The zero-order chi connectivity index (χ0) is 32.0. The number of hydrogen-bond acceptors (Lipinski definition) is 7. The van der Waals surface area contributed by atoms with Gasteiger partial charge in [0, 0.05) is 19.4 Å². The van der Waals surface area contributed by atoms with E-state index in [9.17, 15) is 29.1 Å². The van der Waals surface area contributed by atoms with Crippen LogP contribution in [0.2, 0.25) is 0 Å². The number of alkyl carbamates (subject to hydrolysis) is 1. The summed E-state index contributed by atoms with van der Waals surface area (Å²) in [4.78, 5) is 62.2. The van der Waals surface area contributed by atoms with Gasteiger partial charge in [0.05, 0.1) is 0 Å². The quantitative estimate of drug-likeness (QED) is 0.181. The molecule has 1 unspecified atom stereocenters. The van der Waals surface area contributed by atoms with Crippen LogP contribution in [0.25, 0.3) is 0 Å². The van der Waals surface area contributed by atoms with Crippen LogP contribution in [-0.2, 0) is 32.0 Å². The minimum absolute atomic E-state index is 0.0880. The van der Waals surface area contributed by atoms with Gasteiger partial charge >= 0.3 is 18.0 Å². The molecule has 0 aliphatic rings. The molecule has 2 rings (SSSR count). The lowest BCUT2D eigenvalue weighted by molar-refractivity contribution is -0.139. The molecule has 2 aromatic carbocycles. The number of aromatic carboxylic acids is 1. The molecule has 0 saturated carbocycles. The van der Waals surface area contributed by atoms with Crippen LogP contribution in [0.1, 0.15) is 68.4 Å². The normalized spacial score (nSPS) is 12.4. The topological polar surface area (TPSA) is 180 Å². The van der Waals surface area contributed by atoms with Gasteiger partial charge in [-0.05, 0) is 50.5 Å². The molecule has 12 heteroatoms. The number of nitrogens with one attached hydrogen (secondary N) is 3. The minimum Gasteiger partial charge on any atom is -0.481 e. The summed E-state index contributed by atoms with van der Waals surface area (Å²) < 4.78 is 10.4. The number of carbonyl (C=O) groups is 5. The molecular weight excluding hydrogens is 558 g/mol. The molecule has 0 fully saturated rings. The number of carbonyl (C=O) groups excluding carboxylic acids is 3. The monoisotopic (exact) mass is 599 g/mol. The summed E-state index contributed by atoms with van der Waals surface area (Å²) in [5.41, 5.74) is 0.0536. The van der Waals surface area contributed by atoms with Crippen LogP contribution in [-0.4, -0.2) is 70.9 Å². The summed E-state index contributed by atoms with van der Waals surface area (Å²) in [6, 6.07) is 10.9. The van der Waals surface area contributed by atoms with Crippen molar-refractivity contribution < 1.29 is 43.7 Å². The van der Waals surface area contributed by atoms with Crippen molar-refractivity contribution in [1.29, 1.82) is 0 Å². The highest BCUT2D eigenvalue weighted by Crippen LogP contribution is 2.21. The number of carboxylic acids is 2. The molecule has 5 N–H and O–H groups in total. The molecule has 0 radical (unpaired) electrons. The summed E-state index contributed by atoms with van der Waals surface area (Å²) in [5.74, 6) is -3.89. The Balaban J connectivity index is 2.34. The molecule has 3 amide bonds. The lowest BCUT2D eigenvalue weighted by atomic mass is 10.0. The molecule has 0 spiro atoms. The first-order chi connectivity index (χ1) is 20.3. The van der Waals surface area contributed by atoms with Crippen LogP contribution in [0.3, 0.4) is 0 Å². The molecule has 0 aliphatic heterocycles. The fourth-order valence-electron chi connectivity index (χ4n) is 4.07. The second-order valence-electron chi connectivity index (χ2n) is 11.0. The first kappa shape index (κ1) is 34.6. The zero-order valence-corrected chi connectivity index (χ0v) is 25.0. The van der Waals surface area contributed by atoms with Crippen LogP contribution in [0.5, 0.6) is 5.75 Å². The van der Waals surface area contributed by atoms with Crippen molar-refractivity contribution in [3.63, 3.8) is 0 Å². The van der Waals surface area contributed by atoms with Crippen molar-refractivity contribution in [2.24, 2.45) is 0 Å². The molecule has 0 saturated heterocycles. The van der Waals surface area contributed by atoms with E-state index in [4.69, 9.17) is 14.6 Å². The van der Waals surface area contributed by atoms with E-state index in [0.717, 1.165) is 24.8 Å². The first-order valence-electron chi connectivity index (χ1n) is 14.1. The fraction of sp³-hybridized carbons (Fsp3) is 0.452. The molecule has 12 nitrogen and oxygen atoms in total. The molecule has 2 aromatic rings. The smallest absolute Gasteiger partial charge is 0.408 e. The Hall–Kier alpha value is -4.61. The van der Waals surface area contributed by atoms with Gasteiger partial charge in [-0.3, -0.25) is 9.59 Å². The Morgan fingerprint density at radius 3 is 2.09 bits per heavy atom. The van der Waals surface area contributed by atoms with Crippen LogP contribution < -0.4 is 20.7 Å². The number of ether oxygens (including phenoxy) is 2. The zero-order valence-electron chi connectivity index (χ0n) is 25.0. The maximum atomic E-state index is 13.6. The van der Waals surface area contributed by atoms with Gasteiger partial charge < -0.3 is 35.6 Å². The van der Waals surface area contributed by atoms with Crippen molar-refractivity contribution in [3.05, 3.63) is 65.2 Å². The van der Waals surface area contributed by atoms with E-state index in [0.29, 0.717) is 12.1 Å². The van der Waals surface area contributed by atoms with Gasteiger partial charge in [0.2, 0.25) is 11.8 Å². The standard InChI is InChI=1S/C31H41N3O9/c1-5-6-10-15-32-27(37)23(18-21-13-14-25(42-19-26(35)36)22(16-21)29(39)40)33-28(38)24(17-20-11-8-7-9-12-20)34-30(41)43-31(2,3)4/h7-9,11-14,16,23-24H,5-6,10,15,17-19H2,1-4H3,(H,32,37)(H,33,38)(H,34,41)(H,35,36)(H,39,40)/t23-,24?/m0/s1. The van der Waals surface area contributed by atoms with Crippen LogP contribution in [0.4, 0.5) is 4.79 Å². The van der Waals surface area contributed by atoms with Gasteiger partial charge in [0.25, 0.3) is 0 Å². The van der Waals surface area contributed by atoms with Gasteiger partial charge in [-0.2, -0.15) is 0 Å². The molecule has 2 atom stereocenters. The Labute approximate surface area is 251 Å². The highest BCUT2D eigenvalue weighted by Gasteiger charge is 2.29. The van der Waals surface area contributed by atoms with E-state index in [1.165, 1.54) is 18.2 Å². The number of carboxylic acid groups (broad SMARTS) is 2. The average molecular weight is 600 g/mol. The lowest BCUT2D eigenvalue weighted by Crippen LogP contribution is -2.55. The SMILES string of the molecule is CCCCCNC(=O)[C@H](Cc1ccc(OCC(=O)O)c(C(=O)O)c1)NC(=O)C(Cc1ccccc1)NC(=O)OC(C)(C)C. The summed E-state index contributed by atoms with van der Waals surface area (Å²) in [7, 11) is 0. The maximum absolute atomic E-state index is 13.6. The van der Waals surface area contributed by atoms with Crippen LogP contribution in [0.15, 0.2) is 48.5 Å². The van der Waals surface area contributed by atoms with Crippen LogP contribution >= 0.6 is 0 Å². The van der Waals surface area contributed by atoms with E-state index >= 15 is 0 Å². The van der Waals surface area contributed by atoms with Gasteiger partial charge in [-0.1, -0.05) is 56.2 Å². The number of aliphatic carboxylic acids is 1. The number of amides is 3. The predicted octanol–water partition coefficient (Wildman–Crippen LogP) is 3.32. The predicted molar refractivity (Wildman–Crippen MR) is 158 cm³/mol. The fourth-order valence-corrected chi connectivity index (χ4v) is 4.07. The lowest BCUT2D eigenvalue weighted by Gasteiger charge is -2.25. The molecule has 0 bridgehead atoms. The summed E-state index contributed by atoms with van der Waals surface area (Å²) in [6.45, 7) is 6.76. The molecule has 0 aromatic heterocycles. The Morgan fingerprint density at radius 1 is 0.837 bits per heavy atom. The number of benzene rings is 2. The largest absolute Gasteiger partial charge is 0.481 e. The van der Waals surface area contributed by atoms with E-state index < -0.39 is 54.1 Å². The molecule has 234 valence electrons. The number of rotatable bonds is 16. The summed E-state index contributed by atoms with van der Waals surface area (Å²) in [6.07, 6.45) is 1.81. The van der Waals surface area contributed by atoms with Gasteiger partial charge in [0.1, 0.15) is 29.0 Å². The third-order valence-corrected chi connectivity index (χ3v) is 6.07. The third-order valence-electron chi connectivity index (χ3n) is 6.07. The third kappa shape index (κ3) is 12.8. The van der Waals surface area contributed by atoms with Gasteiger partial charge in [0.15, 0.2) is 6.61 Å². The highest BCUT2D eigenvalue weighted by atomic mass is 16.6. The van der Waals surface area contributed by atoms with E-state index in [1.807, 2.05) is 13.0 Å². The minimum atomic E-state index is -1.35. The van der Waals surface area contributed by atoms with Crippen molar-refractivity contribution in [2.45, 2.75) is 77.5 Å². The average Bonchev–Trinajstić information content (AvgIpc) is 2.93. The van der Waals surface area contributed by atoms with Crippen molar-refractivity contribution in [3.8, 4) is 5.75 Å². The van der Waals surface area contributed by atoms with Crippen molar-refractivity contribution in [1.82, 2.24) is 16.0 Å². The van der Waals surface area contributed by atoms with E-state index in [1.54, 1.807) is 45.0 Å². The number of hydrogen-bond donors (Lipinski definition) is 5. The Bertz CT molecular complexity index is 1260. The number of unbranched alkanes of at least 4 members (excludes halogenated alkanes) is 2. The molecule has 0 heterocycles. The van der Waals surface area contributed by atoms with Crippen molar-refractivity contribution >= 4 is 29.8 Å². The second-order valence-corrected chi connectivity index (χ2v) is 11.0. The van der Waals surface area contributed by atoms with Gasteiger partial charge in [-0.25, -0.2) is 14.4 Å².